The van der Waals surface area contributed by atoms with Gasteiger partial charge in [-0.15, -0.1) is 5.10 Å². The number of aromatic nitrogens is 4. The van der Waals surface area contributed by atoms with Crippen LogP contribution in [0.3, 0.4) is 0 Å². The number of nitrogens with zero attached hydrogens (tertiary/aromatic N) is 3. The lowest BCUT2D eigenvalue weighted by atomic mass is 10.0. The highest BCUT2D eigenvalue weighted by Crippen LogP contribution is 2.31. The van der Waals surface area contributed by atoms with E-state index in [-0.39, 0.29) is 17.9 Å². The predicted octanol–water partition coefficient (Wildman–Crippen LogP) is 3.52. The Morgan fingerprint density at radius 1 is 1.21 bits per heavy atom. The quantitative estimate of drug-likeness (QED) is 0.621. The van der Waals surface area contributed by atoms with Crippen LogP contribution in [0.25, 0.3) is 11.4 Å². The molecule has 2 aromatic heterocycles. The van der Waals surface area contributed by atoms with Crippen LogP contribution >= 0.6 is 0 Å². The van der Waals surface area contributed by atoms with E-state index in [9.17, 15) is 4.79 Å². The molecule has 0 spiro atoms. The van der Waals surface area contributed by atoms with Crippen LogP contribution in [0.1, 0.15) is 26.3 Å². The Morgan fingerprint density at radius 2 is 1.96 bits per heavy atom. The van der Waals surface area contributed by atoms with E-state index in [1.54, 1.807) is 20.3 Å². The third-order valence-electron chi connectivity index (χ3n) is 4.37. The molecule has 3 rings (SSSR count). The van der Waals surface area contributed by atoms with E-state index in [0.29, 0.717) is 29.7 Å². The molecule has 8 nitrogen and oxygen atoms in total. The van der Waals surface area contributed by atoms with Crippen LogP contribution in [0.15, 0.2) is 42.7 Å². The summed E-state index contributed by atoms with van der Waals surface area (Å²) in [5.41, 5.74) is 0.723. The van der Waals surface area contributed by atoms with E-state index >= 15 is 0 Å². The smallest absolute Gasteiger partial charge is 0.249 e. The van der Waals surface area contributed by atoms with Crippen molar-refractivity contribution in [2.75, 3.05) is 19.5 Å². The second kappa shape index (κ2) is 8.60. The minimum absolute atomic E-state index is 0.155. The largest absolute Gasteiger partial charge is 0.497 e. The van der Waals surface area contributed by atoms with E-state index in [0.717, 1.165) is 5.56 Å². The summed E-state index contributed by atoms with van der Waals surface area (Å²) in [6, 6.07) is 8.88. The minimum atomic E-state index is -0.326. The monoisotopic (exact) mass is 383 g/mol. The average molecular weight is 383 g/mol. The summed E-state index contributed by atoms with van der Waals surface area (Å²) in [4.78, 5) is 17.2. The van der Waals surface area contributed by atoms with Gasteiger partial charge in [-0.3, -0.25) is 15.2 Å². The first-order valence-corrected chi connectivity index (χ1v) is 9.10. The number of ether oxygens (including phenoxy) is 2. The summed E-state index contributed by atoms with van der Waals surface area (Å²) >= 11 is 0. The lowest BCUT2D eigenvalue weighted by Crippen LogP contribution is -2.27. The minimum Gasteiger partial charge on any atom is -0.497 e. The molecule has 0 radical (unpaired) electrons. The number of anilines is 1. The fourth-order valence-corrected chi connectivity index (χ4v) is 2.99. The average Bonchev–Trinajstić information content (AvgIpc) is 3.37. The van der Waals surface area contributed by atoms with Crippen molar-refractivity contribution in [1.82, 2.24) is 19.7 Å². The lowest BCUT2D eigenvalue weighted by Gasteiger charge is -2.19. The van der Waals surface area contributed by atoms with Gasteiger partial charge in [0.05, 0.1) is 19.8 Å². The SMILES string of the molecule is COc1ccc(-c2nc(NC(=O)[C@@H](CC(C)C)n3cccc3)n[nH]2)c(OC)c1. The van der Waals surface area contributed by atoms with Crippen LogP contribution in [0, 0.1) is 5.92 Å². The van der Waals surface area contributed by atoms with E-state index in [4.69, 9.17) is 9.47 Å². The van der Waals surface area contributed by atoms with Crippen LogP contribution in [0.2, 0.25) is 0 Å². The van der Waals surface area contributed by atoms with Gasteiger partial charge in [-0.25, -0.2) is 0 Å². The summed E-state index contributed by atoms with van der Waals surface area (Å²) < 4.78 is 12.5. The maximum absolute atomic E-state index is 12.8. The van der Waals surface area contributed by atoms with E-state index in [1.807, 2.05) is 41.2 Å². The number of benzene rings is 1. The molecule has 0 saturated carbocycles. The Kier molecular flexibility index (Phi) is 5.98. The molecule has 0 saturated heterocycles. The fourth-order valence-electron chi connectivity index (χ4n) is 2.99. The highest BCUT2D eigenvalue weighted by Gasteiger charge is 2.22. The summed E-state index contributed by atoms with van der Waals surface area (Å²) in [7, 11) is 3.17. The van der Waals surface area contributed by atoms with Gasteiger partial charge in [0.15, 0.2) is 5.82 Å². The first kappa shape index (κ1) is 19.5. The Labute approximate surface area is 163 Å². The van der Waals surface area contributed by atoms with Gasteiger partial charge in [-0.05, 0) is 36.6 Å². The van der Waals surface area contributed by atoms with Crippen molar-refractivity contribution in [3.63, 3.8) is 0 Å². The summed E-state index contributed by atoms with van der Waals surface area (Å²) in [5, 5.41) is 9.79. The zero-order valence-corrected chi connectivity index (χ0v) is 16.5. The number of methoxy groups -OCH3 is 2. The molecular formula is C20H25N5O3. The van der Waals surface area contributed by atoms with Gasteiger partial charge < -0.3 is 14.0 Å². The van der Waals surface area contributed by atoms with Gasteiger partial charge >= 0.3 is 0 Å². The molecule has 148 valence electrons. The topological polar surface area (TPSA) is 94.1 Å². The maximum Gasteiger partial charge on any atom is 0.249 e. The van der Waals surface area contributed by atoms with Gasteiger partial charge in [-0.2, -0.15) is 4.98 Å². The molecule has 0 aliphatic carbocycles. The molecule has 0 aliphatic heterocycles. The zero-order valence-electron chi connectivity index (χ0n) is 16.5. The number of nitrogens with one attached hydrogen (secondary N) is 2. The number of amides is 1. The van der Waals surface area contributed by atoms with Crippen molar-refractivity contribution in [2.45, 2.75) is 26.3 Å². The molecule has 2 heterocycles. The number of hydrogen-bond donors (Lipinski definition) is 2. The molecule has 8 heteroatoms. The number of aromatic amines is 1. The molecule has 28 heavy (non-hydrogen) atoms. The first-order valence-electron chi connectivity index (χ1n) is 9.10. The Balaban J connectivity index is 1.79. The number of rotatable bonds is 8. The van der Waals surface area contributed by atoms with E-state index < -0.39 is 0 Å². The van der Waals surface area contributed by atoms with Crippen LogP contribution < -0.4 is 14.8 Å². The lowest BCUT2D eigenvalue weighted by molar-refractivity contribution is -0.119. The highest BCUT2D eigenvalue weighted by atomic mass is 16.5. The van der Waals surface area contributed by atoms with Crippen molar-refractivity contribution >= 4 is 11.9 Å². The first-order chi connectivity index (χ1) is 13.5. The van der Waals surface area contributed by atoms with Crippen molar-refractivity contribution in [3.05, 3.63) is 42.7 Å². The Morgan fingerprint density at radius 3 is 2.61 bits per heavy atom. The molecule has 1 amide bonds. The maximum atomic E-state index is 12.8. The van der Waals surface area contributed by atoms with Crippen molar-refractivity contribution < 1.29 is 14.3 Å². The van der Waals surface area contributed by atoms with Crippen LogP contribution in [0.4, 0.5) is 5.95 Å². The molecule has 0 aliphatic rings. The van der Waals surface area contributed by atoms with Crippen molar-refractivity contribution in [2.24, 2.45) is 5.92 Å². The number of H-pyrrole nitrogens is 1. The molecule has 2 N–H and O–H groups in total. The Bertz CT molecular complexity index is 918. The molecule has 0 bridgehead atoms. The van der Waals surface area contributed by atoms with Gasteiger partial charge in [0.1, 0.15) is 17.5 Å². The van der Waals surface area contributed by atoms with Crippen molar-refractivity contribution in [1.29, 1.82) is 0 Å². The number of carbonyl (C=O) groups is 1. The molecule has 1 aromatic carbocycles. The molecule has 0 fully saturated rings. The zero-order chi connectivity index (χ0) is 20.1. The number of hydrogen-bond acceptors (Lipinski definition) is 5. The van der Waals surface area contributed by atoms with Gasteiger partial charge in [0.25, 0.3) is 0 Å². The standard InChI is InChI=1S/C20H25N5O3/c1-13(2)11-16(25-9-5-6-10-25)19(26)22-20-21-18(23-24-20)15-8-7-14(27-3)12-17(15)28-4/h5-10,12-13,16H,11H2,1-4H3,(H2,21,22,23,24,26)/t16-/m1/s1. The van der Waals surface area contributed by atoms with Gasteiger partial charge in [0.2, 0.25) is 11.9 Å². The molecular weight excluding hydrogens is 358 g/mol. The van der Waals surface area contributed by atoms with Crippen LogP contribution in [-0.2, 0) is 4.79 Å². The Hall–Kier alpha value is -3.29. The van der Waals surface area contributed by atoms with E-state index in [1.165, 1.54) is 0 Å². The normalized spacial score (nSPS) is 12.0. The van der Waals surface area contributed by atoms with Gasteiger partial charge in [-0.1, -0.05) is 13.8 Å². The summed E-state index contributed by atoms with van der Waals surface area (Å²) in [6.45, 7) is 4.18. The summed E-state index contributed by atoms with van der Waals surface area (Å²) in [5.74, 6) is 2.20. The number of carbonyl (C=O) groups excluding carboxylic acids is 1. The third-order valence-corrected chi connectivity index (χ3v) is 4.37. The van der Waals surface area contributed by atoms with Gasteiger partial charge in [0, 0.05) is 18.5 Å². The van der Waals surface area contributed by atoms with Crippen molar-refractivity contribution in [3.8, 4) is 22.9 Å². The van der Waals surface area contributed by atoms with Crippen LogP contribution in [0.5, 0.6) is 11.5 Å². The highest BCUT2D eigenvalue weighted by molar-refractivity contribution is 5.92. The third kappa shape index (κ3) is 4.33. The molecule has 1 atom stereocenters. The predicted molar refractivity (Wildman–Crippen MR) is 106 cm³/mol. The fraction of sp³-hybridized carbons (Fsp3) is 0.350. The van der Waals surface area contributed by atoms with Crippen LogP contribution in [-0.4, -0.2) is 39.9 Å². The van der Waals surface area contributed by atoms with E-state index in [2.05, 4.69) is 34.3 Å². The molecule has 0 unspecified atom stereocenters. The molecule has 3 aromatic rings. The second-order valence-electron chi connectivity index (χ2n) is 6.84. The second-order valence-corrected chi connectivity index (χ2v) is 6.84. The summed E-state index contributed by atoms with van der Waals surface area (Å²) in [6.07, 6.45) is 4.49.